The first kappa shape index (κ1) is 15.6. The van der Waals surface area contributed by atoms with Gasteiger partial charge in [-0.3, -0.25) is 0 Å². The fourth-order valence-corrected chi connectivity index (χ4v) is 2.56. The van der Waals surface area contributed by atoms with Crippen LogP contribution in [0.2, 0.25) is 0 Å². The first-order chi connectivity index (χ1) is 10.0. The molecule has 0 aliphatic carbocycles. The molecule has 2 nitrogen and oxygen atoms in total. The number of benzene rings is 2. The number of hydrogen-bond donors (Lipinski definition) is 1. The summed E-state index contributed by atoms with van der Waals surface area (Å²) in [5, 5.41) is 0. The Morgan fingerprint density at radius 1 is 1.00 bits per heavy atom. The van der Waals surface area contributed by atoms with Crippen molar-refractivity contribution in [3.05, 3.63) is 65.7 Å². The lowest BCUT2D eigenvalue weighted by Gasteiger charge is -2.32. The molecule has 0 saturated heterocycles. The van der Waals surface area contributed by atoms with Crippen molar-refractivity contribution in [2.24, 2.45) is 5.73 Å². The standard InChI is InChI=1S/C19H25NO/c1-19(2,16-7-5-4-6-8-16)18(20)14-11-15-9-12-17(21-3)13-10-15/h4-10,12-13,18H,11,14,20H2,1-3H3. The van der Waals surface area contributed by atoms with Gasteiger partial charge in [0.15, 0.2) is 0 Å². The molecule has 0 spiro atoms. The zero-order chi connectivity index (χ0) is 15.3. The zero-order valence-electron chi connectivity index (χ0n) is 13.2. The topological polar surface area (TPSA) is 35.2 Å². The summed E-state index contributed by atoms with van der Waals surface area (Å²) in [6.45, 7) is 4.45. The fourth-order valence-electron chi connectivity index (χ4n) is 2.56. The monoisotopic (exact) mass is 283 g/mol. The van der Waals surface area contributed by atoms with Crippen LogP contribution in [0, 0.1) is 0 Å². The van der Waals surface area contributed by atoms with Crippen molar-refractivity contribution < 1.29 is 4.74 Å². The summed E-state index contributed by atoms with van der Waals surface area (Å²) in [6.07, 6.45) is 1.95. The predicted molar refractivity (Wildman–Crippen MR) is 88.8 cm³/mol. The quantitative estimate of drug-likeness (QED) is 0.871. The highest BCUT2D eigenvalue weighted by molar-refractivity contribution is 5.28. The average molecular weight is 283 g/mol. The summed E-state index contributed by atoms with van der Waals surface area (Å²) in [5.41, 5.74) is 9.04. The Morgan fingerprint density at radius 2 is 1.62 bits per heavy atom. The molecule has 0 amide bonds. The molecule has 2 heteroatoms. The molecule has 21 heavy (non-hydrogen) atoms. The Labute approximate surface area is 127 Å². The van der Waals surface area contributed by atoms with E-state index in [1.54, 1.807) is 7.11 Å². The number of ether oxygens (including phenoxy) is 1. The van der Waals surface area contributed by atoms with Crippen molar-refractivity contribution in [1.82, 2.24) is 0 Å². The number of methoxy groups -OCH3 is 1. The molecule has 0 fully saturated rings. The van der Waals surface area contributed by atoms with Crippen LogP contribution >= 0.6 is 0 Å². The smallest absolute Gasteiger partial charge is 0.118 e. The van der Waals surface area contributed by atoms with Gasteiger partial charge in [0, 0.05) is 11.5 Å². The van der Waals surface area contributed by atoms with Gasteiger partial charge in [0.2, 0.25) is 0 Å². The maximum absolute atomic E-state index is 6.46. The van der Waals surface area contributed by atoms with Gasteiger partial charge in [0.25, 0.3) is 0 Å². The largest absolute Gasteiger partial charge is 0.497 e. The van der Waals surface area contributed by atoms with Crippen LogP contribution in [0.4, 0.5) is 0 Å². The Kier molecular flexibility index (Phi) is 5.03. The highest BCUT2D eigenvalue weighted by Gasteiger charge is 2.27. The summed E-state index contributed by atoms with van der Waals surface area (Å²) in [5.74, 6) is 0.896. The molecule has 2 rings (SSSR count). The van der Waals surface area contributed by atoms with E-state index < -0.39 is 0 Å². The minimum Gasteiger partial charge on any atom is -0.497 e. The third kappa shape index (κ3) is 3.85. The second-order valence-electron chi connectivity index (χ2n) is 6.08. The zero-order valence-corrected chi connectivity index (χ0v) is 13.2. The van der Waals surface area contributed by atoms with Crippen molar-refractivity contribution in [3.8, 4) is 5.75 Å². The van der Waals surface area contributed by atoms with Gasteiger partial charge in [-0.05, 0) is 36.1 Å². The Bertz CT molecular complexity index is 546. The van der Waals surface area contributed by atoms with E-state index in [9.17, 15) is 0 Å². The Hall–Kier alpha value is -1.80. The van der Waals surface area contributed by atoms with Gasteiger partial charge in [-0.25, -0.2) is 0 Å². The second kappa shape index (κ2) is 6.77. The average Bonchev–Trinajstić information content (AvgIpc) is 2.53. The molecule has 0 saturated carbocycles. The third-order valence-corrected chi connectivity index (χ3v) is 4.35. The van der Waals surface area contributed by atoms with E-state index in [0.717, 1.165) is 18.6 Å². The molecule has 0 aromatic heterocycles. The molecule has 0 bridgehead atoms. The molecule has 2 N–H and O–H groups in total. The summed E-state index contributed by atoms with van der Waals surface area (Å²) >= 11 is 0. The molecule has 0 aliphatic rings. The SMILES string of the molecule is COc1ccc(CCC(N)C(C)(C)c2ccccc2)cc1. The summed E-state index contributed by atoms with van der Waals surface area (Å²) in [6, 6.07) is 18.9. The van der Waals surface area contributed by atoms with Crippen LogP contribution in [0.5, 0.6) is 5.75 Å². The normalized spacial score (nSPS) is 13.0. The molecular formula is C19H25NO. The molecule has 0 heterocycles. The van der Waals surface area contributed by atoms with E-state index in [0.29, 0.717) is 0 Å². The molecule has 0 radical (unpaired) electrons. The molecule has 112 valence electrons. The van der Waals surface area contributed by atoms with E-state index in [1.807, 2.05) is 18.2 Å². The van der Waals surface area contributed by atoms with Gasteiger partial charge in [0.1, 0.15) is 5.75 Å². The van der Waals surface area contributed by atoms with Crippen LogP contribution in [0.15, 0.2) is 54.6 Å². The summed E-state index contributed by atoms with van der Waals surface area (Å²) in [4.78, 5) is 0. The molecular weight excluding hydrogens is 258 g/mol. The van der Waals surface area contributed by atoms with Crippen LogP contribution in [0.1, 0.15) is 31.4 Å². The van der Waals surface area contributed by atoms with E-state index in [-0.39, 0.29) is 11.5 Å². The first-order valence-electron chi connectivity index (χ1n) is 7.48. The van der Waals surface area contributed by atoms with E-state index in [1.165, 1.54) is 11.1 Å². The lowest BCUT2D eigenvalue weighted by molar-refractivity contribution is 0.388. The Morgan fingerprint density at radius 3 is 2.19 bits per heavy atom. The minimum absolute atomic E-state index is 0.0201. The molecule has 0 aliphatic heterocycles. The predicted octanol–water partition coefficient (Wildman–Crippen LogP) is 3.93. The molecule has 2 aromatic carbocycles. The van der Waals surface area contributed by atoms with E-state index in [2.05, 4.69) is 50.2 Å². The molecule has 1 unspecified atom stereocenters. The van der Waals surface area contributed by atoms with Crippen LogP contribution in [0.25, 0.3) is 0 Å². The van der Waals surface area contributed by atoms with Gasteiger partial charge >= 0.3 is 0 Å². The fraction of sp³-hybridized carbons (Fsp3) is 0.368. The van der Waals surface area contributed by atoms with Gasteiger partial charge < -0.3 is 10.5 Å². The highest BCUT2D eigenvalue weighted by Crippen LogP contribution is 2.28. The van der Waals surface area contributed by atoms with Crippen molar-refractivity contribution in [2.45, 2.75) is 38.1 Å². The van der Waals surface area contributed by atoms with Crippen molar-refractivity contribution >= 4 is 0 Å². The minimum atomic E-state index is -0.0201. The first-order valence-corrected chi connectivity index (χ1v) is 7.48. The molecule has 2 aromatic rings. The maximum Gasteiger partial charge on any atom is 0.118 e. The van der Waals surface area contributed by atoms with Crippen molar-refractivity contribution in [3.63, 3.8) is 0 Å². The summed E-state index contributed by atoms with van der Waals surface area (Å²) < 4.78 is 5.18. The van der Waals surface area contributed by atoms with Gasteiger partial charge in [-0.2, -0.15) is 0 Å². The second-order valence-corrected chi connectivity index (χ2v) is 6.08. The van der Waals surface area contributed by atoms with Crippen LogP contribution in [0.3, 0.4) is 0 Å². The Balaban J connectivity index is 1.98. The number of nitrogens with two attached hydrogens (primary N) is 1. The van der Waals surface area contributed by atoms with E-state index >= 15 is 0 Å². The van der Waals surface area contributed by atoms with E-state index in [4.69, 9.17) is 10.5 Å². The van der Waals surface area contributed by atoms with Crippen molar-refractivity contribution in [2.75, 3.05) is 7.11 Å². The van der Waals surface area contributed by atoms with Crippen LogP contribution < -0.4 is 10.5 Å². The third-order valence-electron chi connectivity index (χ3n) is 4.35. The van der Waals surface area contributed by atoms with Gasteiger partial charge in [-0.15, -0.1) is 0 Å². The number of hydrogen-bond acceptors (Lipinski definition) is 2. The summed E-state index contributed by atoms with van der Waals surface area (Å²) in [7, 11) is 1.69. The lowest BCUT2D eigenvalue weighted by atomic mass is 9.76. The van der Waals surface area contributed by atoms with Crippen LogP contribution in [-0.4, -0.2) is 13.2 Å². The maximum atomic E-state index is 6.46. The highest BCUT2D eigenvalue weighted by atomic mass is 16.5. The van der Waals surface area contributed by atoms with Gasteiger partial charge in [0.05, 0.1) is 7.11 Å². The number of aryl methyl sites for hydroxylation is 1. The van der Waals surface area contributed by atoms with Crippen LogP contribution in [-0.2, 0) is 11.8 Å². The van der Waals surface area contributed by atoms with Crippen molar-refractivity contribution in [1.29, 1.82) is 0 Å². The molecule has 1 atom stereocenters. The van der Waals surface area contributed by atoms with Gasteiger partial charge in [-0.1, -0.05) is 56.3 Å². The lowest BCUT2D eigenvalue weighted by Crippen LogP contribution is -2.41. The number of rotatable bonds is 6.